The van der Waals surface area contributed by atoms with Crippen molar-refractivity contribution in [1.82, 2.24) is 18.3 Å². The third kappa shape index (κ3) is 5.31. The quantitative estimate of drug-likeness (QED) is 0.173. The smallest absolute Gasteiger partial charge is 0.0998 e. The van der Waals surface area contributed by atoms with Crippen LogP contribution < -0.4 is 0 Å². The molecule has 0 saturated heterocycles. The highest BCUT2D eigenvalue weighted by Crippen LogP contribution is 2.41. The van der Waals surface area contributed by atoms with Crippen molar-refractivity contribution in [2.24, 2.45) is 0 Å². The lowest BCUT2D eigenvalue weighted by Crippen LogP contribution is -1.99. The molecular weight excluding hydrogens is 829 g/mol. The van der Waals surface area contributed by atoms with Crippen LogP contribution in [0.2, 0.25) is 0 Å². The van der Waals surface area contributed by atoms with E-state index < -0.39 is 0 Å². The first-order chi connectivity index (χ1) is 33.7. The number of para-hydroxylation sites is 6. The lowest BCUT2D eigenvalue weighted by Gasteiger charge is -2.14. The minimum Gasteiger partial charge on any atom is -0.309 e. The van der Waals surface area contributed by atoms with E-state index in [0.29, 0.717) is 22.3 Å². The molecule has 314 valence electrons. The molecule has 0 aliphatic heterocycles. The summed E-state index contributed by atoms with van der Waals surface area (Å²) in [7, 11) is 0. The molecule has 0 aliphatic rings. The molecule has 14 rings (SSSR count). The van der Waals surface area contributed by atoms with Crippen molar-refractivity contribution in [3.05, 3.63) is 230 Å². The summed E-state index contributed by atoms with van der Waals surface area (Å²) in [6.07, 6.45) is 0. The van der Waals surface area contributed by atoms with Gasteiger partial charge in [-0.25, -0.2) is 0 Å². The standard InChI is InChI=1S/C62H36N6/c63-37-39-33-41(65-59-23-11-5-17-51(59)53-35-43(27-31-61(53)65)67-55-19-7-1-13-47(55)48-14-2-8-20-56(48)67)25-29-45(39)46-30-26-42(34-40(46)38-64)66-60-24-12-6-18-52(60)54-36-44(28-32-62(54)66)68-57-21-9-3-15-49(57)50-16-4-10-22-58(50)68/h1-36H. The molecule has 0 spiro atoms. The Hall–Kier alpha value is -9.62. The van der Waals surface area contributed by atoms with E-state index in [2.05, 4.69) is 225 Å². The van der Waals surface area contributed by atoms with E-state index in [0.717, 1.165) is 88.4 Å². The maximum Gasteiger partial charge on any atom is 0.0998 e. The number of hydrogen-bond acceptors (Lipinski definition) is 2. The molecule has 4 heterocycles. The molecule has 0 radical (unpaired) electrons. The van der Waals surface area contributed by atoms with Gasteiger partial charge in [-0.2, -0.15) is 10.5 Å². The van der Waals surface area contributed by atoms with E-state index in [4.69, 9.17) is 0 Å². The van der Waals surface area contributed by atoms with Crippen LogP contribution in [0.5, 0.6) is 0 Å². The summed E-state index contributed by atoms with van der Waals surface area (Å²) in [6.45, 7) is 0. The van der Waals surface area contributed by atoms with Crippen molar-refractivity contribution >= 4 is 87.2 Å². The van der Waals surface area contributed by atoms with Gasteiger partial charge in [-0.1, -0.05) is 121 Å². The van der Waals surface area contributed by atoms with Gasteiger partial charge in [-0.3, -0.25) is 0 Å². The number of fused-ring (bicyclic) bond motifs is 12. The lowest BCUT2D eigenvalue weighted by molar-refractivity contribution is 1.16. The van der Waals surface area contributed by atoms with Crippen LogP contribution in [0.3, 0.4) is 0 Å². The fourth-order valence-electron chi connectivity index (χ4n) is 11.2. The second kappa shape index (κ2) is 14.4. The molecule has 0 fully saturated rings. The average Bonchev–Trinajstić information content (AvgIpc) is 4.13. The summed E-state index contributed by atoms with van der Waals surface area (Å²) in [6, 6.07) is 81.6. The van der Waals surface area contributed by atoms with Crippen molar-refractivity contribution in [1.29, 1.82) is 10.5 Å². The highest BCUT2D eigenvalue weighted by molar-refractivity contribution is 6.14. The third-order valence-electron chi connectivity index (χ3n) is 14.0. The second-order valence-electron chi connectivity index (χ2n) is 17.5. The van der Waals surface area contributed by atoms with Gasteiger partial charge in [0.1, 0.15) is 0 Å². The SMILES string of the molecule is N#Cc1cc(-n2c3ccccc3c3cc(-n4c5ccccc5c5ccccc54)ccc32)ccc1-c1ccc(-n2c3ccccc3c3cc(-n4c5ccccc5c5ccccc54)ccc32)cc1C#N. The zero-order valence-corrected chi connectivity index (χ0v) is 36.5. The Kier molecular flexibility index (Phi) is 8.01. The van der Waals surface area contributed by atoms with Crippen LogP contribution in [0.15, 0.2) is 218 Å². The molecule has 0 atom stereocenters. The van der Waals surface area contributed by atoms with Crippen LogP contribution in [0.25, 0.3) is 121 Å². The summed E-state index contributed by atoms with van der Waals surface area (Å²) in [4.78, 5) is 0. The zero-order chi connectivity index (χ0) is 45.0. The summed E-state index contributed by atoms with van der Waals surface area (Å²) in [5, 5.41) is 31.0. The molecule has 0 saturated carbocycles. The van der Waals surface area contributed by atoms with Crippen molar-refractivity contribution in [3.8, 4) is 46.0 Å². The first kappa shape index (κ1) is 37.7. The number of aromatic nitrogens is 4. The Morgan fingerprint density at radius 1 is 0.235 bits per heavy atom. The predicted octanol–water partition coefficient (Wildman–Crippen LogP) is 15.5. The fourth-order valence-corrected chi connectivity index (χ4v) is 11.2. The minimum atomic E-state index is 0.494. The largest absolute Gasteiger partial charge is 0.309 e. The Morgan fingerprint density at radius 2 is 0.471 bits per heavy atom. The number of nitriles is 2. The van der Waals surface area contributed by atoms with E-state index in [-0.39, 0.29) is 0 Å². The maximum absolute atomic E-state index is 10.8. The number of rotatable bonds is 5. The van der Waals surface area contributed by atoms with E-state index in [1.54, 1.807) is 0 Å². The highest BCUT2D eigenvalue weighted by Gasteiger charge is 2.21. The van der Waals surface area contributed by atoms with Crippen LogP contribution in [-0.4, -0.2) is 18.3 Å². The molecule has 0 amide bonds. The molecule has 4 aromatic heterocycles. The van der Waals surface area contributed by atoms with E-state index in [1.165, 1.54) is 21.5 Å². The van der Waals surface area contributed by atoms with Crippen LogP contribution in [0.1, 0.15) is 11.1 Å². The van der Waals surface area contributed by atoms with Gasteiger partial charge in [0.2, 0.25) is 0 Å². The summed E-state index contributed by atoms with van der Waals surface area (Å²) in [5.41, 5.74) is 15.2. The molecular formula is C62H36N6. The van der Waals surface area contributed by atoms with E-state index >= 15 is 0 Å². The first-order valence-corrected chi connectivity index (χ1v) is 22.8. The van der Waals surface area contributed by atoms with Gasteiger partial charge in [0.15, 0.2) is 0 Å². The Bertz CT molecular complexity index is 4140. The molecule has 10 aromatic carbocycles. The van der Waals surface area contributed by atoms with E-state index in [9.17, 15) is 10.5 Å². The first-order valence-electron chi connectivity index (χ1n) is 22.8. The van der Waals surface area contributed by atoms with Gasteiger partial charge in [0.05, 0.1) is 67.4 Å². The molecule has 14 aromatic rings. The van der Waals surface area contributed by atoms with Gasteiger partial charge in [0, 0.05) is 77.0 Å². The minimum absolute atomic E-state index is 0.494. The summed E-state index contributed by atoms with van der Waals surface area (Å²) in [5.74, 6) is 0. The topological polar surface area (TPSA) is 67.3 Å². The maximum atomic E-state index is 10.8. The molecule has 6 heteroatoms. The highest BCUT2D eigenvalue weighted by atomic mass is 15.0. The number of nitrogens with zero attached hydrogens (tertiary/aromatic N) is 6. The van der Waals surface area contributed by atoms with Crippen LogP contribution in [0, 0.1) is 22.7 Å². The summed E-state index contributed by atoms with van der Waals surface area (Å²) >= 11 is 0. The van der Waals surface area contributed by atoms with Gasteiger partial charge in [0.25, 0.3) is 0 Å². The number of hydrogen-bond donors (Lipinski definition) is 0. The normalized spacial score (nSPS) is 11.8. The Labute approximate surface area is 389 Å². The summed E-state index contributed by atoms with van der Waals surface area (Å²) < 4.78 is 9.19. The van der Waals surface area contributed by atoms with Crippen molar-refractivity contribution in [3.63, 3.8) is 0 Å². The van der Waals surface area contributed by atoms with Crippen LogP contribution in [-0.2, 0) is 0 Å². The van der Waals surface area contributed by atoms with E-state index in [1.807, 2.05) is 24.3 Å². The van der Waals surface area contributed by atoms with Crippen LogP contribution >= 0.6 is 0 Å². The molecule has 0 aliphatic carbocycles. The Balaban J connectivity index is 0.878. The molecule has 6 nitrogen and oxygen atoms in total. The molecule has 0 N–H and O–H groups in total. The van der Waals surface area contributed by atoms with Gasteiger partial charge in [-0.15, -0.1) is 0 Å². The molecule has 68 heavy (non-hydrogen) atoms. The molecule has 0 bridgehead atoms. The number of benzene rings is 10. The lowest BCUT2D eigenvalue weighted by atomic mass is 9.95. The third-order valence-corrected chi connectivity index (χ3v) is 14.0. The van der Waals surface area contributed by atoms with Gasteiger partial charge in [-0.05, 0) is 97.1 Å². The van der Waals surface area contributed by atoms with Crippen molar-refractivity contribution < 1.29 is 0 Å². The van der Waals surface area contributed by atoms with Crippen molar-refractivity contribution in [2.75, 3.05) is 0 Å². The Morgan fingerprint density at radius 3 is 0.765 bits per heavy atom. The monoisotopic (exact) mass is 864 g/mol. The predicted molar refractivity (Wildman–Crippen MR) is 279 cm³/mol. The fraction of sp³-hybridized carbons (Fsp3) is 0. The van der Waals surface area contributed by atoms with Crippen molar-refractivity contribution in [2.45, 2.75) is 0 Å². The zero-order valence-electron chi connectivity index (χ0n) is 36.5. The average molecular weight is 865 g/mol. The van der Waals surface area contributed by atoms with Gasteiger partial charge < -0.3 is 18.3 Å². The second-order valence-corrected chi connectivity index (χ2v) is 17.5. The van der Waals surface area contributed by atoms with Crippen LogP contribution in [0.4, 0.5) is 0 Å². The van der Waals surface area contributed by atoms with Gasteiger partial charge >= 0.3 is 0 Å². The molecule has 0 unspecified atom stereocenters.